The van der Waals surface area contributed by atoms with Crippen LogP contribution >= 0.6 is 0 Å². The van der Waals surface area contributed by atoms with Crippen molar-refractivity contribution in [2.75, 3.05) is 36.1 Å². The average Bonchev–Trinajstić information content (AvgIpc) is 3.51. The topological polar surface area (TPSA) is 111 Å². The third-order valence-corrected chi connectivity index (χ3v) is 7.81. The van der Waals surface area contributed by atoms with Gasteiger partial charge in [0.05, 0.1) is 24.0 Å². The van der Waals surface area contributed by atoms with Crippen molar-refractivity contribution in [3.8, 4) is 5.75 Å². The maximum atomic E-state index is 13.6. The molecule has 3 atom stereocenters. The Morgan fingerprint density at radius 3 is 2.79 bits per heavy atom. The van der Waals surface area contributed by atoms with Gasteiger partial charge < -0.3 is 24.7 Å². The van der Waals surface area contributed by atoms with E-state index in [0.717, 1.165) is 12.8 Å². The molecule has 2 N–H and O–H groups in total. The molecule has 5 rings (SSSR count). The number of carbonyl (C=O) groups excluding carboxylic acids is 3. The molecule has 0 unspecified atom stereocenters. The van der Waals surface area contributed by atoms with Gasteiger partial charge in [0, 0.05) is 36.7 Å². The van der Waals surface area contributed by atoms with Gasteiger partial charge in [0.25, 0.3) is 11.8 Å². The van der Waals surface area contributed by atoms with Crippen LogP contribution in [0.1, 0.15) is 31.7 Å². The summed E-state index contributed by atoms with van der Waals surface area (Å²) in [6, 6.07) is 12.2. The Morgan fingerprint density at radius 2 is 2.03 bits per heavy atom. The highest BCUT2D eigenvalue weighted by molar-refractivity contribution is 6.09. The highest BCUT2D eigenvalue weighted by Crippen LogP contribution is 2.48. The molecule has 0 aromatic heterocycles. The number of hydrogen-bond acceptors (Lipinski definition) is 6. The van der Waals surface area contributed by atoms with Crippen LogP contribution in [0.4, 0.5) is 17.1 Å². The van der Waals surface area contributed by atoms with E-state index in [-0.39, 0.29) is 44.0 Å². The SMILES string of the molecule is C=CCN1C(=O)[C@@](O)([C@@H](C)/C=C/CC(=O)N2CCC[C@H]2CO)c2cc(N3C(=O)COc4ccccc43)ccc21. The van der Waals surface area contributed by atoms with Crippen LogP contribution in [0.3, 0.4) is 0 Å². The van der Waals surface area contributed by atoms with Crippen molar-refractivity contribution in [1.82, 2.24) is 4.90 Å². The lowest BCUT2D eigenvalue weighted by Gasteiger charge is -2.31. The summed E-state index contributed by atoms with van der Waals surface area (Å²) in [6.45, 7) is 6.12. The Hall–Kier alpha value is -3.95. The number of para-hydroxylation sites is 2. The third-order valence-electron chi connectivity index (χ3n) is 7.81. The second-order valence-corrected chi connectivity index (χ2v) is 10.1. The van der Waals surface area contributed by atoms with E-state index in [1.807, 2.05) is 12.1 Å². The zero-order valence-corrected chi connectivity index (χ0v) is 22.0. The summed E-state index contributed by atoms with van der Waals surface area (Å²) < 4.78 is 5.57. The normalized spacial score (nSPS) is 23.2. The van der Waals surface area contributed by atoms with Crippen LogP contribution in [-0.4, -0.2) is 65.2 Å². The molecule has 0 bridgehead atoms. The quantitative estimate of drug-likeness (QED) is 0.507. The fourth-order valence-corrected chi connectivity index (χ4v) is 5.75. The molecule has 0 aliphatic carbocycles. The predicted octanol–water partition coefficient (Wildman–Crippen LogP) is 3.03. The van der Waals surface area contributed by atoms with Crippen molar-refractivity contribution in [2.24, 2.45) is 5.92 Å². The van der Waals surface area contributed by atoms with E-state index in [4.69, 9.17) is 4.74 Å². The lowest BCUT2D eigenvalue weighted by atomic mass is 9.82. The molecule has 39 heavy (non-hydrogen) atoms. The lowest BCUT2D eigenvalue weighted by Crippen LogP contribution is -2.44. The third kappa shape index (κ3) is 4.51. The summed E-state index contributed by atoms with van der Waals surface area (Å²) in [5.74, 6) is -0.966. The highest BCUT2D eigenvalue weighted by Gasteiger charge is 2.52. The fraction of sp³-hybridized carbons (Fsp3) is 0.367. The van der Waals surface area contributed by atoms with Crippen molar-refractivity contribution >= 4 is 34.8 Å². The van der Waals surface area contributed by atoms with Gasteiger partial charge in [-0.25, -0.2) is 0 Å². The monoisotopic (exact) mass is 531 g/mol. The molecule has 2 aromatic rings. The molecular weight excluding hydrogens is 498 g/mol. The van der Waals surface area contributed by atoms with Gasteiger partial charge in [-0.05, 0) is 43.2 Å². The number of carbonyl (C=O) groups is 3. The summed E-state index contributed by atoms with van der Waals surface area (Å²) in [4.78, 5) is 44.0. The van der Waals surface area contributed by atoms with E-state index in [2.05, 4.69) is 6.58 Å². The van der Waals surface area contributed by atoms with Gasteiger partial charge >= 0.3 is 0 Å². The zero-order chi connectivity index (χ0) is 27.7. The van der Waals surface area contributed by atoms with Gasteiger partial charge in [-0.2, -0.15) is 0 Å². The first-order valence-electron chi connectivity index (χ1n) is 13.2. The van der Waals surface area contributed by atoms with E-state index in [0.29, 0.717) is 34.9 Å². The number of benzene rings is 2. The first-order valence-corrected chi connectivity index (χ1v) is 13.2. The van der Waals surface area contributed by atoms with Crippen molar-refractivity contribution in [1.29, 1.82) is 0 Å². The Bertz CT molecular complexity index is 1340. The van der Waals surface area contributed by atoms with Crippen LogP contribution in [0.5, 0.6) is 5.75 Å². The van der Waals surface area contributed by atoms with Crippen LogP contribution in [-0.2, 0) is 20.0 Å². The summed E-state index contributed by atoms with van der Waals surface area (Å²) in [5.41, 5.74) is 0.103. The smallest absolute Gasteiger partial charge is 0.269 e. The van der Waals surface area contributed by atoms with Crippen LogP contribution < -0.4 is 14.5 Å². The number of likely N-dealkylation sites (tertiary alicyclic amines) is 1. The van der Waals surface area contributed by atoms with E-state index >= 15 is 0 Å². The van der Waals surface area contributed by atoms with E-state index in [9.17, 15) is 24.6 Å². The van der Waals surface area contributed by atoms with Gasteiger partial charge in [-0.3, -0.25) is 19.3 Å². The number of hydrogen-bond donors (Lipinski definition) is 2. The van der Waals surface area contributed by atoms with Crippen molar-refractivity contribution in [2.45, 2.75) is 37.8 Å². The number of aliphatic hydroxyl groups excluding tert-OH is 1. The number of nitrogens with zero attached hydrogens (tertiary/aromatic N) is 3. The fourth-order valence-electron chi connectivity index (χ4n) is 5.75. The van der Waals surface area contributed by atoms with Crippen LogP contribution in [0.25, 0.3) is 0 Å². The van der Waals surface area contributed by atoms with Crippen molar-refractivity contribution in [3.05, 3.63) is 72.8 Å². The Labute approximate surface area is 227 Å². The molecule has 3 aliphatic rings. The standard InChI is InChI=1S/C30H33N3O6/c1-3-15-32-24-14-13-21(33-25-10-4-5-11-26(25)39-19-28(33)36)17-23(24)30(38,29(32)37)20(2)8-6-12-27(35)31-16-7-9-22(31)18-34/h3-6,8,10-11,13-14,17,20,22,34,38H,1,7,9,12,15-16,18-19H2,2H3/b8-6+/t20-,22-,30+/m0/s1. The predicted molar refractivity (Wildman–Crippen MR) is 147 cm³/mol. The molecule has 0 saturated carbocycles. The van der Waals surface area contributed by atoms with Gasteiger partial charge in [0.1, 0.15) is 5.75 Å². The number of amides is 3. The number of fused-ring (bicyclic) bond motifs is 2. The van der Waals surface area contributed by atoms with Crippen LogP contribution in [0.2, 0.25) is 0 Å². The van der Waals surface area contributed by atoms with Crippen LogP contribution in [0.15, 0.2) is 67.3 Å². The van der Waals surface area contributed by atoms with E-state index < -0.39 is 17.4 Å². The first-order chi connectivity index (χ1) is 18.8. The Morgan fingerprint density at radius 1 is 1.23 bits per heavy atom. The molecule has 1 fully saturated rings. The minimum absolute atomic E-state index is 0.0610. The molecule has 9 nitrogen and oxygen atoms in total. The molecule has 1 saturated heterocycles. The molecule has 3 heterocycles. The second-order valence-electron chi connectivity index (χ2n) is 10.1. The lowest BCUT2D eigenvalue weighted by molar-refractivity contribution is -0.139. The molecule has 0 spiro atoms. The number of aliphatic hydroxyl groups is 2. The minimum Gasteiger partial charge on any atom is -0.482 e. The van der Waals surface area contributed by atoms with Crippen LogP contribution in [0, 0.1) is 5.92 Å². The Balaban J connectivity index is 1.47. The molecule has 3 aliphatic heterocycles. The van der Waals surface area contributed by atoms with Gasteiger partial charge in [0.2, 0.25) is 5.91 Å². The molecule has 9 heteroatoms. The van der Waals surface area contributed by atoms with Gasteiger partial charge in [-0.1, -0.05) is 37.3 Å². The summed E-state index contributed by atoms with van der Waals surface area (Å²) in [5, 5.41) is 21.5. The van der Waals surface area contributed by atoms with Crippen molar-refractivity contribution in [3.63, 3.8) is 0 Å². The van der Waals surface area contributed by atoms with Gasteiger partial charge in [0.15, 0.2) is 12.2 Å². The number of anilines is 3. The summed E-state index contributed by atoms with van der Waals surface area (Å²) in [7, 11) is 0. The van der Waals surface area contributed by atoms with Gasteiger partial charge in [-0.15, -0.1) is 6.58 Å². The first kappa shape index (κ1) is 26.6. The number of ether oxygens (including phenoxy) is 1. The average molecular weight is 532 g/mol. The largest absolute Gasteiger partial charge is 0.482 e. The molecule has 0 radical (unpaired) electrons. The molecule has 2 aromatic carbocycles. The zero-order valence-electron chi connectivity index (χ0n) is 22.0. The molecule has 204 valence electrons. The summed E-state index contributed by atoms with van der Waals surface area (Å²) in [6.07, 6.45) is 6.70. The Kier molecular flexibility index (Phi) is 7.29. The maximum Gasteiger partial charge on any atom is 0.269 e. The molecule has 3 amide bonds. The summed E-state index contributed by atoms with van der Waals surface area (Å²) >= 11 is 0. The van der Waals surface area contributed by atoms with E-state index in [1.165, 1.54) is 9.80 Å². The second kappa shape index (κ2) is 10.7. The maximum absolute atomic E-state index is 13.6. The number of rotatable bonds is 8. The molecular formula is C30H33N3O6. The van der Waals surface area contributed by atoms with E-state index in [1.54, 1.807) is 60.4 Å². The minimum atomic E-state index is -1.91. The van der Waals surface area contributed by atoms with Crippen molar-refractivity contribution < 1.29 is 29.3 Å². The highest BCUT2D eigenvalue weighted by atomic mass is 16.5.